The lowest BCUT2D eigenvalue weighted by molar-refractivity contribution is -0.147. The van der Waals surface area contributed by atoms with Crippen LogP contribution in [0.3, 0.4) is 0 Å². The third kappa shape index (κ3) is 3.03. The Bertz CT molecular complexity index is 399. The number of ether oxygens (including phenoxy) is 1. The molecule has 98 valence electrons. The van der Waals surface area contributed by atoms with E-state index in [4.69, 9.17) is 16.3 Å². The third-order valence-electron chi connectivity index (χ3n) is 3.37. The van der Waals surface area contributed by atoms with Gasteiger partial charge in [-0.1, -0.05) is 30.2 Å². The van der Waals surface area contributed by atoms with Gasteiger partial charge in [-0.25, -0.2) is 4.79 Å². The zero-order valence-electron chi connectivity index (χ0n) is 10.6. The van der Waals surface area contributed by atoms with E-state index in [1.54, 1.807) is 0 Å². The lowest BCUT2D eigenvalue weighted by Crippen LogP contribution is -2.38. The molecule has 2 rings (SSSR count). The first-order valence-electron chi connectivity index (χ1n) is 6.29. The largest absolute Gasteiger partial charge is 0.468 e. The maximum atomic E-state index is 12.0. The van der Waals surface area contributed by atoms with Gasteiger partial charge in [0.2, 0.25) is 0 Å². The van der Waals surface area contributed by atoms with Gasteiger partial charge in [0, 0.05) is 5.02 Å². The zero-order valence-corrected chi connectivity index (χ0v) is 11.3. The highest BCUT2D eigenvalue weighted by Gasteiger charge is 2.29. The van der Waals surface area contributed by atoms with E-state index in [1.807, 2.05) is 24.3 Å². The van der Waals surface area contributed by atoms with E-state index in [-0.39, 0.29) is 12.0 Å². The van der Waals surface area contributed by atoms with E-state index < -0.39 is 0 Å². The Labute approximate surface area is 113 Å². The average Bonchev–Trinajstić information content (AvgIpc) is 2.42. The summed E-state index contributed by atoms with van der Waals surface area (Å²) in [5.74, 6) is -0.195. The summed E-state index contributed by atoms with van der Waals surface area (Å²) in [7, 11) is 1.44. The number of esters is 1. The fourth-order valence-electron chi connectivity index (χ4n) is 2.43. The van der Waals surface area contributed by atoms with E-state index in [1.165, 1.54) is 13.5 Å². The second-order valence-corrected chi connectivity index (χ2v) is 5.01. The van der Waals surface area contributed by atoms with E-state index in [2.05, 4.69) is 4.90 Å². The van der Waals surface area contributed by atoms with Gasteiger partial charge >= 0.3 is 5.97 Å². The monoisotopic (exact) mass is 267 g/mol. The van der Waals surface area contributed by atoms with Crippen LogP contribution in [-0.2, 0) is 9.53 Å². The second kappa shape index (κ2) is 6.21. The number of nitrogens with zero attached hydrogens (tertiary/aromatic N) is 1. The highest BCUT2D eigenvalue weighted by atomic mass is 35.5. The number of halogens is 1. The molecule has 1 aliphatic heterocycles. The van der Waals surface area contributed by atoms with Gasteiger partial charge in [0.05, 0.1) is 7.11 Å². The van der Waals surface area contributed by atoms with Gasteiger partial charge in [0.15, 0.2) is 0 Å². The minimum absolute atomic E-state index is 0.195. The Morgan fingerprint density at radius 3 is 2.39 bits per heavy atom. The Kier molecular flexibility index (Phi) is 4.61. The van der Waals surface area contributed by atoms with Crippen LogP contribution in [0.15, 0.2) is 24.3 Å². The number of hydrogen-bond acceptors (Lipinski definition) is 3. The standard InChI is InChI=1S/C14H18ClNO2/c1-18-14(17)13(16-9-3-2-4-10-16)11-5-7-12(15)8-6-11/h5-8,13H,2-4,9-10H2,1H3. The molecule has 0 amide bonds. The van der Waals surface area contributed by atoms with Crippen LogP contribution in [0.25, 0.3) is 0 Å². The molecular weight excluding hydrogens is 250 g/mol. The van der Waals surface area contributed by atoms with Crippen molar-refractivity contribution in [2.24, 2.45) is 0 Å². The molecule has 4 heteroatoms. The quantitative estimate of drug-likeness (QED) is 0.789. The first kappa shape index (κ1) is 13.4. The summed E-state index contributed by atoms with van der Waals surface area (Å²) < 4.78 is 4.94. The van der Waals surface area contributed by atoms with Gasteiger partial charge in [-0.05, 0) is 43.6 Å². The smallest absolute Gasteiger partial charge is 0.327 e. The van der Waals surface area contributed by atoms with Crippen LogP contribution in [0, 0.1) is 0 Å². The molecule has 0 aliphatic carbocycles. The molecule has 0 spiro atoms. The van der Waals surface area contributed by atoms with Gasteiger partial charge in [-0.2, -0.15) is 0 Å². The number of likely N-dealkylation sites (tertiary alicyclic amines) is 1. The van der Waals surface area contributed by atoms with Gasteiger partial charge < -0.3 is 4.74 Å². The van der Waals surface area contributed by atoms with Crippen LogP contribution in [-0.4, -0.2) is 31.1 Å². The molecule has 1 heterocycles. The van der Waals surface area contributed by atoms with E-state index in [9.17, 15) is 4.79 Å². The summed E-state index contributed by atoms with van der Waals surface area (Å²) in [6.45, 7) is 1.89. The van der Waals surface area contributed by atoms with Gasteiger partial charge in [0.25, 0.3) is 0 Å². The number of benzene rings is 1. The van der Waals surface area contributed by atoms with Crippen molar-refractivity contribution < 1.29 is 9.53 Å². The maximum absolute atomic E-state index is 12.0. The Hall–Kier alpha value is -1.06. The molecule has 0 bridgehead atoms. The molecule has 1 unspecified atom stereocenters. The molecule has 1 aromatic carbocycles. The van der Waals surface area contributed by atoms with E-state index in [0.717, 1.165) is 31.5 Å². The molecule has 0 saturated carbocycles. The number of hydrogen-bond donors (Lipinski definition) is 0. The second-order valence-electron chi connectivity index (χ2n) is 4.57. The molecule has 3 nitrogen and oxygen atoms in total. The van der Waals surface area contributed by atoms with Crippen molar-refractivity contribution in [2.75, 3.05) is 20.2 Å². The van der Waals surface area contributed by atoms with Gasteiger partial charge in [-0.15, -0.1) is 0 Å². The van der Waals surface area contributed by atoms with E-state index in [0.29, 0.717) is 5.02 Å². The minimum Gasteiger partial charge on any atom is -0.468 e. The van der Waals surface area contributed by atoms with Crippen LogP contribution in [0.5, 0.6) is 0 Å². The topological polar surface area (TPSA) is 29.5 Å². The van der Waals surface area contributed by atoms with Crippen LogP contribution in [0.1, 0.15) is 30.9 Å². The Morgan fingerprint density at radius 2 is 1.83 bits per heavy atom. The number of carbonyl (C=O) groups is 1. The number of carbonyl (C=O) groups excluding carboxylic acids is 1. The fourth-order valence-corrected chi connectivity index (χ4v) is 2.56. The molecule has 0 aromatic heterocycles. The summed E-state index contributed by atoms with van der Waals surface area (Å²) in [6.07, 6.45) is 3.52. The summed E-state index contributed by atoms with van der Waals surface area (Å²) >= 11 is 5.89. The van der Waals surface area contributed by atoms with Crippen LogP contribution in [0.4, 0.5) is 0 Å². The number of piperidine rings is 1. The van der Waals surface area contributed by atoms with Gasteiger partial charge in [0.1, 0.15) is 6.04 Å². The lowest BCUT2D eigenvalue weighted by atomic mass is 10.0. The molecule has 1 saturated heterocycles. The molecule has 1 fully saturated rings. The molecular formula is C14H18ClNO2. The predicted octanol–water partition coefficient (Wildman–Crippen LogP) is 3.04. The van der Waals surface area contributed by atoms with Crippen molar-refractivity contribution in [1.29, 1.82) is 0 Å². The first-order chi connectivity index (χ1) is 8.72. The minimum atomic E-state index is -0.299. The Morgan fingerprint density at radius 1 is 1.22 bits per heavy atom. The lowest BCUT2D eigenvalue weighted by Gasteiger charge is -2.32. The SMILES string of the molecule is COC(=O)C(c1ccc(Cl)cc1)N1CCCCC1. The number of rotatable bonds is 3. The summed E-state index contributed by atoms with van der Waals surface area (Å²) in [5.41, 5.74) is 0.952. The summed E-state index contributed by atoms with van der Waals surface area (Å²) in [5, 5.41) is 0.681. The summed E-state index contributed by atoms with van der Waals surface area (Å²) in [6, 6.07) is 7.14. The fraction of sp³-hybridized carbons (Fsp3) is 0.500. The Balaban J connectivity index is 2.23. The molecule has 1 atom stereocenters. The van der Waals surface area contributed by atoms with Crippen molar-refractivity contribution >= 4 is 17.6 Å². The van der Waals surface area contributed by atoms with Gasteiger partial charge in [-0.3, -0.25) is 4.90 Å². The molecule has 1 aromatic rings. The summed E-state index contributed by atoms with van der Waals surface area (Å²) in [4.78, 5) is 14.2. The van der Waals surface area contributed by atoms with Crippen molar-refractivity contribution in [3.05, 3.63) is 34.9 Å². The maximum Gasteiger partial charge on any atom is 0.327 e. The molecule has 0 N–H and O–H groups in total. The van der Waals surface area contributed by atoms with Crippen molar-refractivity contribution in [3.63, 3.8) is 0 Å². The van der Waals surface area contributed by atoms with Crippen LogP contribution in [0.2, 0.25) is 5.02 Å². The van der Waals surface area contributed by atoms with Crippen LogP contribution < -0.4 is 0 Å². The van der Waals surface area contributed by atoms with Crippen molar-refractivity contribution in [2.45, 2.75) is 25.3 Å². The first-order valence-corrected chi connectivity index (χ1v) is 6.67. The van der Waals surface area contributed by atoms with Crippen LogP contribution >= 0.6 is 11.6 Å². The highest BCUT2D eigenvalue weighted by Crippen LogP contribution is 2.26. The molecule has 18 heavy (non-hydrogen) atoms. The van der Waals surface area contributed by atoms with Crippen molar-refractivity contribution in [3.8, 4) is 0 Å². The van der Waals surface area contributed by atoms with Crippen molar-refractivity contribution in [1.82, 2.24) is 4.90 Å². The third-order valence-corrected chi connectivity index (χ3v) is 3.62. The number of methoxy groups -OCH3 is 1. The molecule has 0 radical (unpaired) electrons. The predicted molar refractivity (Wildman–Crippen MR) is 71.6 cm³/mol. The normalized spacial score (nSPS) is 18.3. The highest BCUT2D eigenvalue weighted by molar-refractivity contribution is 6.30. The zero-order chi connectivity index (χ0) is 13.0. The average molecular weight is 268 g/mol. The molecule has 1 aliphatic rings. The van der Waals surface area contributed by atoms with E-state index >= 15 is 0 Å².